The summed E-state index contributed by atoms with van der Waals surface area (Å²) in [4.78, 5) is 2.61. The third-order valence-electron chi connectivity index (χ3n) is 6.57. The number of phenolic OH excluding ortho intramolecular Hbond substituents is 1. The molecule has 7 heteroatoms. The lowest BCUT2D eigenvalue weighted by Gasteiger charge is -2.34. The largest absolute Gasteiger partial charge is 0.508 e. The number of benzene rings is 3. The van der Waals surface area contributed by atoms with Gasteiger partial charge in [-0.1, -0.05) is 42.8 Å². The molecule has 0 aliphatic carbocycles. The Bertz CT molecular complexity index is 1220. The van der Waals surface area contributed by atoms with E-state index in [1.54, 1.807) is 48.5 Å². The first-order valence-corrected chi connectivity index (χ1v) is 13.3. The number of hydrogen-bond acceptors (Lipinski definition) is 6. The Morgan fingerprint density at radius 2 is 1.56 bits per heavy atom. The average molecular weight is 480 g/mol. The van der Waals surface area contributed by atoms with E-state index in [-0.39, 0.29) is 10.6 Å². The second-order valence-corrected chi connectivity index (χ2v) is 10.9. The number of fused-ring (bicyclic) bond motifs is 1. The van der Waals surface area contributed by atoms with E-state index in [9.17, 15) is 13.5 Å². The third kappa shape index (κ3) is 4.63. The maximum Gasteiger partial charge on any atom is 0.193 e. The van der Waals surface area contributed by atoms with Gasteiger partial charge in [-0.25, -0.2) is 8.42 Å². The standard InChI is InChI=1S/C27H29NO5S/c29-22-12-8-20(9-13-22)26-27(34(30,31)25-7-3-2-6-24(25)33-26)21-10-14-23(15-11-21)32-19-18-28-16-4-1-5-17-28/h2-3,6-15,26-27,29H,1,4-5,16-19H2/t26-,27+/m0/s1. The summed E-state index contributed by atoms with van der Waals surface area (Å²) < 4.78 is 39.6. The summed E-state index contributed by atoms with van der Waals surface area (Å²) in [6.45, 7) is 3.75. The van der Waals surface area contributed by atoms with Crippen molar-refractivity contribution in [3.8, 4) is 17.2 Å². The van der Waals surface area contributed by atoms with Crippen molar-refractivity contribution in [1.29, 1.82) is 0 Å². The van der Waals surface area contributed by atoms with E-state index in [0.717, 1.165) is 25.4 Å². The zero-order chi connectivity index (χ0) is 23.5. The minimum Gasteiger partial charge on any atom is -0.508 e. The highest BCUT2D eigenvalue weighted by Crippen LogP contribution is 2.49. The number of likely N-dealkylation sites (tertiary alicyclic amines) is 1. The molecule has 2 heterocycles. The predicted octanol–water partition coefficient (Wildman–Crippen LogP) is 4.91. The van der Waals surface area contributed by atoms with Crippen LogP contribution in [0.5, 0.6) is 17.2 Å². The number of para-hydroxylation sites is 1. The number of piperidine rings is 1. The van der Waals surface area contributed by atoms with Crippen LogP contribution in [0.15, 0.2) is 77.7 Å². The van der Waals surface area contributed by atoms with Crippen LogP contribution in [-0.2, 0) is 9.84 Å². The Balaban J connectivity index is 1.40. The smallest absolute Gasteiger partial charge is 0.193 e. The van der Waals surface area contributed by atoms with Gasteiger partial charge in [-0.2, -0.15) is 0 Å². The van der Waals surface area contributed by atoms with Crippen LogP contribution in [0.3, 0.4) is 0 Å². The first kappa shape index (κ1) is 22.7. The van der Waals surface area contributed by atoms with Crippen LogP contribution in [-0.4, -0.2) is 44.7 Å². The minimum atomic E-state index is -3.72. The molecule has 0 unspecified atom stereocenters. The summed E-state index contributed by atoms with van der Waals surface area (Å²) in [6, 6.07) is 20.5. The first-order valence-electron chi connectivity index (χ1n) is 11.8. The third-order valence-corrected chi connectivity index (χ3v) is 8.71. The van der Waals surface area contributed by atoms with Crippen LogP contribution in [0.4, 0.5) is 0 Å². The summed E-state index contributed by atoms with van der Waals surface area (Å²) in [5, 5.41) is 8.79. The van der Waals surface area contributed by atoms with Gasteiger partial charge in [-0.3, -0.25) is 4.90 Å². The van der Waals surface area contributed by atoms with Crippen molar-refractivity contribution < 1.29 is 23.0 Å². The van der Waals surface area contributed by atoms with Gasteiger partial charge < -0.3 is 14.6 Å². The number of phenols is 1. The molecule has 6 nitrogen and oxygen atoms in total. The lowest BCUT2D eigenvalue weighted by atomic mass is 10.00. The van der Waals surface area contributed by atoms with Crippen LogP contribution in [0, 0.1) is 0 Å². The summed E-state index contributed by atoms with van der Waals surface area (Å²) in [7, 11) is -3.72. The molecular weight excluding hydrogens is 450 g/mol. The number of ether oxygens (including phenoxy) is 2. The highest BCUT2D eigenvalue weighted by molar-refractivity contribution is 7.91. The van der Waals surface area contributed by atoms with Crippen LogP contribution >= 0.6 is 0 Å². The molecule has 2 aliphatic rings. The molecule has 0 aromatic heterocycles. The van der Waals surface area contributed by atoms with Gasteiger partial charge in [-0.05, 0) is 73.5 Å². The number of aromatic hydroxyl groups is 1. The highest BCUT2D eigenvalue weighted by Gasteiger charge is 2.44. The van der Waals surface area contributed by atoms with Crippen LogP contribution < -0.4 is 9.47 Å². The predicted molar refractivity (Wildman–Crippen MR) is 130 cm³/mol. The van der Waals surface area contributed by atoms with Gasteiger partial charge in [0, 0.05) is 6.54 Å². The second kappa shape index (κ2) is 9.68. The molecule has 3 aromatic carbocycles. The van der Waals surface area contributed by atoms with Crippen molar-refractivity contribution in [2.75, 3.05) is 26.2 Å². The fourth-order valence-corrected chi connectivity index (χ4v) is 6.76. The number of nitrogens with zero attached hydrogens (tertiary/aromatic N) is 1. The fraction of sp³-hybridized carbons (Fsp3) is 0.333. The van der Waals surface area contributed by atoms with Gasteiger partial charge in [0.1, 0.15) is 40.1 Å². The van der Waals surface area contributed by atoms with Crippen molar-refractivity contribution in [2.45, 2.75) is 35.5 Å². The molecule has 0 saturated carbocycles. The van der Waals surface area contributed by atoms with Crippen molar-refractivity contribution in [3.63, 3.8) is 0 Å². The molecule has 34 heavy (non-hydrogen) atoms. The second-order valence-electron chi connectivity index (χ2n) is 8.86. The normalized spacial score (nSPS) is 21.9. The van der Waals surface area contributed by atoms with Crippen molar-refractivity contribution in [2.24, 2.45) is 0 Å². The first-order chi connectivity index (χ1) is 16.5. The fourth-order valence-electron chi connectivity index (χ4n) is 4.77. The molecule has 0 radical (unpaired) electrons. The SMILES string of the molecule is O=S1(=O)c2ccccc2O[C@@H](c2ccc(O)cc2)[C@H]1c1ccc(OCCN2CCCCC2)cc1. The quantitative estimate of drug-likeness (QED) is 0.542. The molecule has 0 bridgehead atoms. The molecule has 178 valence electrons. The lowest BCUT2D eigenvalue weighted by Crippen LogP contribution is -2.33. The topological polar surface area (TPSA) is 76.1 Å². The minimum absolute atomic E-state index is 0.116. The van der Waals surface area contributed by atoms with Gasteiger partial charge in [0.2, 0.25) is 0 Å². The Kier molecular flexibility index (Phi) is 6.48. The maximum absolute atomic E-state index is 13.7. The van der Waals surface area contributed by atoms with Gasteiger partial charge in [0.05, 0.1) is 0 Å². The summed E-state index contributed by atoms with van der Waals surface area (Å²) >= 11 is 0. The maximum atomic E-state index is 13.7. The number of hydrogen-bond donors (Lipinski definition) is 1. The zero-order valence-electron chi connectivity index (χ0n) is 19.0. The Hall–Kier alpha value is -3.03. The zero-order valence-corrected chi connectivity index (χ0v) is 19.8. The van der Waals surface area contributed by atoms with Gasteiger partial charge in [0.25, 0.3) is 0 Å². The van der Waals surface area contributed by atoms with Crippen LogP contribution in [0.1, 0.15) is 41.7 Å². The molecule has 2 atom stereocenters. The molecule has 5 rings (SSSR count). The van der Waals surface area contributed by atoms with Gasteiger partial charge >= 0.3 is 0 Å². The summed E-state index contributed by atoms with van der Waals surface area (Å²) in [5.74, 6) is 1.18. The lowest BCUT2D eigenvalue weighted by molar-refractivity contribution is 0.182. The van der Waals surface area contributed by atoms with E-state index >= 15 is 0 Å². The van der Waals surface area contributed by atoms with Gasteiger partial charge in [-0.15, -0.1) is 0 Å². The van der Waals surface area contributed by atoms with Crippen LogP contribution in [0.25, 0.3) is 0 Å². The van der Waals surface area contributed by atoms with Gasteiger partial charge in [0.15, 0.2) is 9.84 Å². The van der Waals surface area contributed by atoms with E-state index in [4.69, 9.17) is 9.47 Å². The van der Waals surface area contributed by atoms with E-state index in [0.29, 0.717) is 23.5 Å². The monoisotopic (exact) mass is 479 g/mol. The Labute approximate surface area is 200 Å². The summed E-state index contributed by atoms with van der Waals surface area (Å²) in [6.07, 6.45) is 3.06. The van der Waals surface area contributed by atoms with Crippen molar-refractivity contribution in [1.82, 2.24) is 4.90 Å². The van der Waals surface area contributed by atoms with Crippen molar-refractivity contribution in [3.05, 3.63) is 83.9 Å². The molecule has 0 amide bonds. The molecule has 3 aromatic rings. The van der Waals surface area contributed by atoms with E-state index in [1.165, 1.54) is 19.3 Å². The van der Waals surface area contributed by atoms with Crippen molar-refractivity contribution >= 4 is 9.84 Å². The van der Waals surface area contributed by atoms with E-state index in [1.807, 2.05) is 24.3 Å². The molecule has 1 N–H and O–H groups in total. The van der Waals surface area contributed by atoms with E-state index in [2.05, 4.69) is 4.90 Å². The molecule has 2 aliphatic heterocycles. The summed E-state index contributed by atoms with van der Waals surface area (Å²) in [5.41, 5.74) is 1.32. The molecule has 1 saturated heterocycles. The molecular formula is C27H29NO5S. The van der Waals surface area contributed by atoms with Crippen LogP contribution in [0.2, 0.25) is 0 Å². The van der Waals surface area contributed by atoms with E-state index < -0.39 is 21.2 Å². The number of rotatable bonds is 6. The number of sulfone groups is 1. The highest BCUT2D eigenvalue weighted by atomic mass is 32.2. The Morgan fingerprint density at radius 3 is 2.29 bits per heavy atom. The Morgan fingerprint density at radius 1 is 0.882 bits per heavy atom. The average Bonchev–Trinajstić information content (AvgIpc) is 2.86. The molecule has 0 spiro atoms. The molecule has 1 fully saturated rings.